The zero-order chi connectivity index (χ0) is 14.7. The molecule has 6 heteroatoms. The molecule has 0 saturated carbocycles. The highest BCUT2D eigenvalue weighted by molar-refractivity contribution is 5.79. The summed E-state index contributed by atoms with van der Waals surface area (Å²) in [5.74, 6) is 0.305. The van der Waals surface area contributed by atoms with E-state index in [1.54, 1.807) is 30.1 Å². The van der Waals surface area contributed by atoms with Crippen LogP contribution in [-0.4, -0.2) is 35.9 Å². The zero-order valence-electron chi connectivity index (χ0n) is 11.7. The molecule has 1 aliphatic heterocycles. The maximum Gasteiger partial charge on any atom is 0.274 e. The Morgan fingerprint density at radius 2 is 2.15 bits per heavy atom. The van der Waals surface area contributed by atoms with E-state index in [-0.39, 0.29) is 24.1 Å². The zero-order valence-corrected chi connectivity index (χ0v) is 11.7. The number of nitro groups is 1. The Kier molecular flexibility index (Phi) is 4.34. The second-order valence-electron chi connectivity index (χ2n) is 5.32. The first-order valence-electron chi connectivity index (χ1n) is 6.68. The third-order valence-electron chi connectivity index (χ3n) is 3.81. The highest BCUT2D eigenvalue weighted by Crippen LogP contribution is 2.22. The molecule has 1 heterocycles. The average Bonchev–Trinajstić information content (AvgIpc) is 2.84. The van der Waals surface area contributed by atoms with Crippen LogP contribution < -0.4 is 5.32 Å². The molecule has 1 aromatic rings. The molecule has 0 bridgehead atoms. The van der Waals surface area contributed by atoms with Crippen molar-refractivity contribution < 1.29 is 9.72 Å². The molecular formula is C14H19N3O3. The second-order valence-corrected chi connectivity index (χ2v) is 5.32. The van der Waals surface area contributed by atoms with Gasteiger partial charge < -0.3 is 10.2 Å². The molecule has 6 nitrogen and oxygen atoms in total. The number of amides is 1. The minimum atomic E-state index is -0.409. The van der Waals surface area contributed by atoms with Gasteiger partial charge in [-0.05, 0) is 12.5 Å². The fraction of sp³-hybridized carbons (Fsp3) is 0.500. The molecule has 1 fully saturated rings. The molecule has 1 aromatic carbocycles. The van der Waals surface area contributed by atoms with Crippen molar-refractivity contribution in [3.8, 4) is 0 Å². The van der Waals surface area contributed by atoms with Crippen LogP contribution in [0.25, 0.3) is 0 Å². The summed E-state index contributed by atoms with van der Waals surface area (Å²) in [5.41, 5.74) is 0.622. The summed E-state index contributed by atoms with van der Waals surface area (Å²) in [6.45, 7) is 3.83. The van der Waals surface area contributed by atoms with Gasteiger partial charge in [0, 0.05) is 25.2 Å². The van der Waals surface area contributed by atoms with Crippen LogP contribution in [0.5, 0.6) is 0 Å². The van der Waals surface area contributed by atoms with Crippen LogP contribution >= 0.6 is 0 Å². The maximum atomic E-state index is 12.4. The van der Waals surface area contributed by atoms with Gasteiger partial charge in [-0.1, -0.05) is 25.1 Å². The number of hydrogen-bond donors (Lipinski definition) is 1. The fourth-order valence-electron chi connectivity index (χ4n) is 2.58. The van der Waals surface area contributed by atoms with E-state index in [1.165, 1.54) is 6.07 Å². The molecule has 1 N–H and O–H groups in total. The lowest BCUT2D eigenvalue weighted by Crippen LogP contribution is -2.35. The molecule has 1 aliphatic rings. The van der Waals surface area contributed by atoms with Gasteiger partial charge in [-0.3, -0.25) is 14.9 Å². The smallest absolute Gasteiger partial charge is 0.274 e. The van der Waals surface area contributed by atoms with E-state index in [0.717, 1.165) is 6.54 Å². The normalized spacial score (nSPS) is 21.7. The van der Waals surface area contributed by atoms with Crippen LogP contribution in [0.15, 0.2) is 24.3 Å². The number of carbonyl (C=O) groups is 1. The lowest BCUT2D eigenvalue weighted by Gasteiger charge is -2.22. The van der Waals surface area contributed by atoms with Crippen molar-refractivity contribution in [2.75, 3.05) is 20.1 Å². The van der Waals surface area contributed by atoms with E-state index in [9.17, 15) is 14.9 Å². The van der Waals surface area contributed by atoms with Crippen molar-refractivity contribution in [1.82, 2.24) is 10.2 Å². The van der Waals surface area contributed by atoms with Crippen LogP contribution in [-0.2, 0) is 11.3 Å². The predicted molar refractivity (Wildman–Crippen MR) is 75.1 cm³/mol. The molecule has 108 valence electrons. The summed E-state index contributed by atoms with van der Waals surface area (Å²) in [6, 6.07) is 6.54. The molecule has 2 atom stereocenters. The Hall–Kier alpha value is -1.95. The van der Waals surface area contributed by atoms with Crippen LogP contribution in [0.2, 0.25) is 0 Å². The highest BCUT2D eigenvalue weighted by atomic mass is 16.6. The van der Waals surface area contributed by atoms with Gasteiger partial charge >= 0.3 is 0 Å². The minimum absolute atomic E-state index is 0.0391. The summed E-state index contributed by atoms with van der Waals surface area (Å²) >= 11 is 0. The van der Waals surface area contributed by atoms with E-state index in [4.69, 9.17) is 0 Å². The summed E-state index contributed by atoms with van der Waals surface area (Å²) in [6.07, 6.45) is 0. The standard InChI is InChI=1S/C14H19N3O3/c1-10-7-15-8-12(10)14(18)16(2)9-11-5-3-4-6-13(11)17(19)20/h3-6,10,12,15H,7-9H2,1-2H3/t10-,12-/m1/s1. The first-order chi connectivity index (χ1) is 9.50. The minimum Gasteiger partial charge on any atom is -0.341 e. The first-order valence-corrected chi connectivity index (χ1v) is 6.68. The molecule has 0 aromatic heterocycles. The molecule has 2 rings (SSSR count). The Balaban J connectivity index is 2.10. The van der Waals surface area contributed by atoms with Gasteiger partial charge in [-0.2, -0.15) is 0 Å². The van der Waals surface area contributed by atoms with Crippen molar-refractivity contribution in [3.63, 3.8) is 0 Å². The van der Waals surface area contributed by atoms with Gasteiger partial charge in [-0.15, -0.1) is 0 Å². The summed E-state index contributed by atoms with van der Waals surface area (Å²) in [7, 11) is 1.70. The van der Waals surface area contributed by atoms with Gasteiger partial charge in [0.2, 0.25) is 5.91 Å². The molecule has 20 heavy (non-hydrogen) atoms. The Morgan fingerprint density at radius 1 is 1.45 bits per heavy atom. The van der Waals surface area contributed by atoms with E-state index >= 15 is 0 Å². The number of nitro benzene ring substituents is 1. The van der Waals surface area contributed by atoms with Crippen molar-refractivity contribution in [2.24, 2.45) is 11.8 Å². The summed E-state index contributed by atoms with van der Waals surface area (Å²) < 4.78 is 0. The first kappa shape index (κ1) is 14.5. The maximum absolute atomic E-state index is 12.4. The van der Waals surface area contributed by atoms with Gasteiger partial charge in [0.05, 0.1) is 17.4 Å². The number of benzene rings is 1. The van der Waals surface area contributed by atoms with Crippen molar-refractivity contribution >= 4 is 11.6 Å². The van der Waals surface area contributed by atoms with Crippen molar-refractivity contribution in [2.45, 2.75) is 13.5 Å². The molecule has 0 spiro atoms. The van der Waals surface area contributed by atoms with E-state index in [1.807, 2.05) is 6.92 Å². The SMILES string of the molecule is C[C@@H]1CNC[C@H]1C(=O)N(C)Cc1ccccc1[N+](=O)[O-]. The monoisotopic (exact) mass is 277 g/mol. The van der Waals surface area contributed by atoms with Gasteiger partial charge in [0.15, 0.2) is 0 Å². The van der Waals surface area contributed by atoms with Gasteiger partial charge in [0.1, 0.15) is 0 Å². The Bertz CT molecular complexity index is 518. The van der Waals surface area contributed by atoms with E-state index < -0.39 is 4.92 Å². The predicted octanol–water partition coefficient (Wildman–Crippen LogP) is 1.41. The second kappa shape index (κ2) is 6.00. The van der Waals surface area contributed by atoms with Crippen LogP contribution in [0, 0.1) is 22.0 Å². The van der Waals surface area contributed by atoms with Crippen LogP contribution in [0.3, 0.4) is 0 Å². The number of rotatable bonds is 4. The van der Waals surface area contributed by atoms with Gasteiger partial charge in [0.25, 0.3) is 5.69 Å². The van der Waals surface area contributed by atoms with Crippen molar-refractivity contribution in [3.05, 3.63) is 39.9 Å². The molecule has 1 amide bonds. The summed E-state index contributed by atoms with van der Waals surface area (Å²) in [4.78, 5) is 24.5. The van der Waals surface area contributed by atoms with Crippen LogP contribution in [0.4, 0.5) is 5.69 Å². The van der Waals surface area contributed by atoms with E-state index in [0.29, 0.717) is 18.0 Å². The van der Waals surface area contributed by atoms with E-state index in [2.05, 4.69) is 5.32 Å². The fourth-order valence-corrected chi connectivity index (χ4v) is 2.58. The summed E-state index contributed by atoms with van der Waals surface area (Å²) in [5, 5.41) is 14.2. The largest absolute Gasteiger partial charge is 0.341 e. The molecule has 0 radical (unpaired) electrons. The average molecular weight is 277 g/mol. The Morgan fingerprint density at radius 3 is 2.75 bits per heavy atom. The lowest BCUT2D eigenvalue weighted by molar-refractivity contribution is -0.385. The number of nitrogens with zero attached hydrogens (tertiary/aromatic N) is 2. The third-order valence-corrected chi connectivity index (χ3v) is 3.81. The third kappa shape index (κ3) is 2.96. The van der Waals surface area contributed by atoms with Crippen molar-refractivity contribution in [1.29, 1.82) is 0 Å². The quantitative estimate of drug-likeness (QED) is 0.667. The number of nitrogens with one attached hydrogen (secondary N) is 1. The number of carbonyl (C=O) groups excluding carboxylic acids is 1. The molecular weight excluding hydrogens is 258 g/mol. The lowest BCUT2D eigenvalue weighted by atomic mass is 9.96. The molecule has 0 aliphatic carbocycles. The number of hydrogen-bond acceptors (Lipinski definition) is 4. The Labute approximate surface area is 117 Å². The van der Waals surface area contributed by atoms with Gasteiger partial charge in [-0.25, -0.2) is 0 Å². The molecule has 1 saturated heterocycles. The topological polar surface area (TPSA) is 75.5 Å². The number of para-hydroxylation sites is 1. The highest BCUT2D eigenvalue weighted by Gasteiger charge is 2.32. The molecule has 0 unspecified atom stereocenters. The van der Waals surface area contributed by atoms with Crippen LogP contribution in [0.1, 0.15) is 12.5 Å².